The quantitative estimate of drug-likeness (QED) is 0.428. The number of hydrogen-bond acceptors (Lipinski definition) is 5. The van der Waals surface area contributed by atoms with Crippen LogP contribution in [0.3, 0.4) is 0 Å². The summed E-state index contributed by atoms with van der Waals surface area (Å²) in [6, 6.07) is 9.79. The number of carbonyl (C=O) groups excluding carboxylic acids is 1. The minimum Gasteiger partial charge on any atom is -0.463 e. The van der Waals surface area contributed by atoms with Crippen molar-refractivity contribution in [1.82, 2.24) is 18.7 Å². The van der Waals surface area contributed by atoms with Crippen molar-refractivity contribution in [2.75, 3.05) is 0 Å². The van der Waals surface area contributed by atoms with Gasteiger partial charge in [0.1, 0.15) is 0 Å². The van der Waals surface area contributed by atoms with Crippen molar-refractivity contribution in [3.8, 4) is 0 Å². The van der Waals surface area contributed by atoms with Crippen molar-refractivity contribution in [3.05, 3.63) is 63.1 Å². The number of unbranched alkanes of at least 4 members (excludes halogenated alkanes) is 1. The van der Waals surface area contributed by atoms with E-state index in [1.165, 1.54) is 16.1 Å². The highest BCUT2D eigenvalue weighted by atomic mass is 16.5. The number of aryl methyl sites for hydroxylation is 1. The minimum absolute atomic E-state index is 0.179. The number of benzene rings is 1. The molecule has 1 atom stereocenters. The SMILES string of the molecule is CC(=O)O[C@H](C)CCCCn1c(=O)c2c(ncn2Cc2ccccc2)n(C)c1=O. The molecule has 0 fully saturated rings. The molecule has 0 unspecified atom stereocenters. The van der Waals surface area contributed by atoms with E-state index in [4.69, 9.17) is 4.74 Å². The zero-order valence-corrected chi connectivity index (χ0v) is 17.0. The van der Waals surface area contributed by atoms with Gasteiger partial charge in [-0.15, -0.1) is 0 Å². The van der Waals surface area contributed by atoms with Crippen LogP contribution in [0.2, 0.25) is 0 Å². The van der Waals surface area contributed by atoms with Gasteiger partial charge in [-0.1, -0.05) is 30.3 Å². The number of hydrogen-bond donors (Lipinski definition) is 0. The lowest BCUT2D eigenvalue weighted by molar-refractivity contribution is -0.145. The second-order valence-corrected chi connectivity index (χ2v) is 7.24. The second-order valence-electron chi connectivity index (χ2n) is 7.24. The van der Waals surface area contributed by atoms with Gasteiger partial charge in [-0.25, -0.2) is 9.78 Å². The lowest BCUT2D eigenvalue weighted by atomic mass is 10.2. The van der Waals surface area contributed by atoms with Crippen LogP contribution >= 0.6 is 0 Å². The fourth-order valence-corrected chi connectivity index (χ4v) is 3.46. The zero-order valence-electron chi connectivity index (χ0n) is 17.0. The predicted molar refractivity (Wildman–Crippen MR) is 110 cm³/mol. The maximum atomic E-state index is 13.1. The third-order valence-electron chi connectivity index (χ3n) is 4.91. The lowest BCUT2D eigenvalue weighted by Crippen LogP contribution is -2.39. The number of ether oxygens (including phenoxy) is 1. The summed E-state index contributed by atoms with van der Waals surface area (Å²) in [5, 5.41) is 0. The minimum atomic E-state index is -0.375. The van der Waals surface area contributed by atoms with Gasteiger partial charge in [0, 0.05) is 27.1 Å². The molecule has 0 amide bonds. The maximum absolute atomic E-state index is 13.1. The fourth-order valence-electron chi connectivity index (χ4n) is 3.46. The van der Waals surface area contributed by atoms with E-state index in [0.29, 0.717) is 37.1 Å². The van der Waals surface area contributed by atoms with E-state index in [9.17, 15) is 14.4 Å². The van der Waals surface area contributed by atoms with Crippen molar-refractivity contribution >= 4 is 17.1 Å². The van der Waals surface area contributed by atoms with Crippen LogP contribution in [0.5, 0.6) is 0 Å². The molecule has 3 aromatic rings. The average molecular weight is 398 g/mol. The van der Waals surface area contributed by atoms with Gasteiger partial charge < -0.3 is 9.30 Å². The van der Waals surface area contributed by atoms with Gasteiger partial charge in [0.2, 0.25) is 0 Å². The van der Waals surface area contributed by atoms with Crippen molar-refractivity contribution in [2.24, 2.45) is 7.05 Å². The number of nitrogens with zero attached hydrogens (tertiary/aromatic N) is 4. The largest absolute Gasteiger partial charge is 0.463 e. The summed E-state index contributed by atoms with van der Waals surface area (Å²) in [7, 11) is 1.63. The van der Waals surface area contributed by atoms with Crippen LogP contribution in [0.15, 0.2) is 46.2 Å². The van der Waals surface area contributed by atoms with Crippen molar-refractivity contribution in [2.45, 2.75) is 52.3 Å². The smallest absolute Gasteiger partial charge is 0.332 e. The van der Waals surface area contributed by atoms with Gasteiger partial charge in [0.25, 0.3) is 5.56 Å². The summed E-state index contributed by atoms with van der Waals surface area (Å²) in [5.41, 5.74) is 1.15. The second kappa shape index (κ2) is 8.89. The first-order valence-electron chi connectivity index (χ1n) is 9.74. The van der Waals surface area contributed by atoms with Crippen LogP contribution in [0.25, 0.3) is 11.2 Å². The highest BCUT2D eigenvalue weighted by molar-refractivity contribution is 5.70. The molecule has 0 aliphatic rings. The Labute approximate surface area is 168 Å². The first-order chi connectivity index (χ1) is 13.9. The number of rotatable bonds is 8. The van der Waals surface area contributed by atoms with E-state index in [1.54, 1.807) is 17.9 Å². The molecule has 0 spiro atoms. The number of imidazole rings is 1. The Balaban J connectivity index is 1.82. The molecule has 0 saturated carbocycles. The molecule has 29 heavy (non-hydrogen) atoms. The van der Waals surface area contributed by atoms with Crippen molar-refractivity contribution in [3.63, 3.8) is 0 Å². The van der Waals surface area contributed by atoms with Gasteiger partial charge in [0.15, 0.2) is 11.2 Å². The van der Waals surface area contributed by atoms with E-state index in [0.717, 1.165) is 12.0 Å². The molecule has 3 rings (SSSR count). The molecule has 2 aromatic heterocycles. The number of esters is 1. The van der Waals surface area contributed by atoms with Crippen LogP contribution in [0.1, 0.15) is 38.7 Å². The first kappa shape index (κ1) is 20.6. The van der Waals surface area contributed by atoms with E-state index in [-0.39, 0.29) is 23.3 Å². The monoisotopic (exact) mass is 398 g/mol. The van der Waals surface area contributed by atoms with Crippen molar-refractivity contribution < 1.29 is 9.53 Å². The third kappa shape index (κ3) is 4.64. The summed E-state index contributed by atoms with van der Waals surface area (Å²) in [6.07, 6.45) is 3.48. The Morgan fingerprint density at radius 3 is 2.59 bits per heavy atom. The van der Waals surface area contributed by atoms with Crippen LogP contribution in [-0.2, 0) is 29.7 Å². The summed E-state index contributed by atoms with van der Waals surface area (Å²) in [5.74, 6) is -0.306. The number of aromatic nitrogens is 4. The topological polar surface area (TPSA) is 88.1 Å². The molecule has 1 aromatic carbocycles. The van der Waals surface area contributed by atoms with E-state index in [1.807, 2.05) is 37.3 Å². The summed E-state index contributed by atoms with van der Waals surface area (Å²) < 4.78 is 9.57. The molecule has 8 nitrogen and oxygen atoms in total. The maximum Gasteiger partial charge on any atom is 0.332 e. The molecule has 0 saturated heterocycles. The molecule has 0 aliphatic heterocycles. The van der Waals surface area contributed by atoms with E-state index >= 15 is 0 Å². The van der Waals surface area contributed by atoms with E-state index < -0.39 is 0 Å². The average Bonchev–Trinajstić information content (AvgIpc) is 3.09. The zero-order chi connectivity index (χ0) is 21.0. The highest BCUT2D eigenvalue weighted by Crippen LogP contribution is 2.10. The predicted octanol–water partition coefficient (Wildman–Crippen LogP) is 2.07. The van der Waals surface area contributed by atoms with Crippen LogP contribution in [-0.4, -0.2) is 30.8 Å². The summed E-state index contributed by atoms with van der Waals surface area (Å²) >= 11 is 0. The normalized spacial score (nSPS) is 12.2. The van der Waals surface area contributed by atoms with Gasteiger partial charge in [-0.2, -0.15) is 0 Å². The summed E-state index contributed by atoms with van der Waals surface area (Å²) in [4.78, 5) is 41.0. The molecule has 154 valence electrons. The Kier molecular flexibility index (Phi) is 6.31. The molecule has 2 heterocycles. The first-order valence-corrected chi connectivity index (χ1v) is 9.74. The fraction of sp³-hybridized carbons (Fsp3) is 0.429. The molecule has 0 aliphatic carbocycles. The van der Waals surface area contributed by atoms with Gasteiger partial charge in [0.05, 0.1) is 12.4 Å². The van der Waals surface area contributed by atoms with Crippen LogP contribution in [0, 0.1) is 0 Å². The lowest BCUT2D eigenvalue weighted by Gasteiger charge is -2.12. The standard InChI is InChI=1S/C21H26N4O4/c1-15(29-16(2)26)9-7-8-12-25-20(27)18-19(23(3)21(25)28)22-14-24(18)13-17-10-5-4-6-11-17/h4-6,10-11,14-15H,7-9,12-13H2,1-3H3/t15-/m1/s1. The number of fused-ring (bicyclic) bond motifs is 1. The summed E-state index contributed by atoms with van der Waals surface area (Å²) in [6.45, 7) is 4.03. The molecule has 8 heteroatoms. The molecule has 0 N–H and O–H groups in total. The van der Waals surface area contributed by atoms with Crippen LogP contribution < -0.4 is 11.2 Å². The highest BCUT2D eigenvalue weighted by Gasteiger charge is 2.16. The Bertz CT molecular complexity index is 1110. The van der Waals surface area contributed by atoms with Gasteiger partial charge in [-0.3, -0.25) is 18.7 Å². The molecule has 0 bridgehead atoms. The van der Waals surface area contributed by atoms with Crippen LogP contribution in [0.4, 0.5) is 0 Å². The Morgan fingerprint density at radius 1 is 1.17 bits per heavy atom. The van der Waals surface area contributed by atoms with E-state index in [2.05, 4.69) is 4.98 Å². The van der Waals surface area contributed by atoms with Crippen molar-refractivity contribution in [1.29, 1.82) is 0 Å². The van der Waals surface area contributed by atoms with Gasteiger partial charge >= 0.3 is 11.7 Å². The Hall–Kier alpha value is -3.16. The molecular formula is C21H26N4O4. The Morgan fingerprint density at radius 2 is 1.90 bits per heavy atom. The van der Waals surface area contributed by atoms with Gasteiger partial charge in [-0.05, 0) is 31.7 Å². The molecular weight excluding hydrogens is 372 g/mol. The third-order valence-corrected chi connectivity index (χ3v) is 4.91. The molecule has 0 radical (unpaired) electrons. The number of carbonyl (C=O) groups is 1.